The number of rotatable bonds is 3. The predicted octanol–water partition coefficient (Wildman–Crippen LogP) is 3.36. The molecule has 0 radical (unpaired) electrons. The van der Waals surface area contributed by atoms with Crippen LogP contribution in [-0.4, -0.2) is 38.3 Å². The van der Waals surface area contributed by atoms with Crippen LogP contribution in [0.5, 0.6) is 0 Å². The molecule has 2 aliphatic rings. The lowest BCUT2D eigenvalue weighted by Crippen LogP contribution is -2.54. The van der Waals surface area contributed by atoms with Crippen molar-refractivity contribution in [2.24, 2.45) is 0 Å². The maximum Gasteiger partial charge on any atom is 0.203 e. The van der Waals surface area contributed by atoms with E-state index in [1.807, 2.05) is 18.5 Å². The molecular weight excluding hydrogens is 326 g/mol. The molecule has 134 valence electrons. The number of ether oxygens (including phenoxy) is 1. The summed E-state index contributed by atoms with van der Waals surface area (Å²) in [5.74, 6) is 2.51. The van der Waals surface area contributed by atoms with Gasteiger partial charge in [0.1, 0.15) is 11.9 Å². The number of nitrogens with zero attached hydrogens (tertiary/aromatic N) is 5. The molecule has 3 heterocycles. The first-order chi connectivity index (χ1) is 12.6. The molecule has 1 aliphatic heterocycles. The van der Waals surface area contributed by atoms with E-state index in [0.717, 1.165) is 23.8 Å². The van der Waals surface area contributed by atoms with Gasteiger partial charge in [0.05, 0.1) is 18.7 Å². The fourth-order valence-electron chi connectivity index (χ4n) is 3.73. The molecule has 0 amide bonds. The summed E-state index contributed by atoms with van der Waals surface area (Å²) in [5, 5.41) is 8.94. The molecule has 2 fully saturated rings. The van der Waals surface area contributed by atoms with Crippen molar-refractivity contribution in [2.75, 3.05) is 18.1 Å². The van der Waals surface area contributed by atoms with Crippen LogP contribution in [-0.2, 0) is 4.74 Å². The van der Waals surface area contributed by atoms with Crippen molar-refractivity contribution in [3.63, 3.8) is 0 Å². The van der Waals surface area contributed by atoms with Gasteiger partial charge in [0.15, 0.2) is 5.82 Å². The topological polar surface area (TPSA) is 55.5 Å². The van der Waals surface area contributed by atoms with E-state index in [2.05, 4.69) is 57.6 Å². The van der Waals surface area contributed by atoms with Crippen molar-refractivity contribution in [3.8, 4) is 0 Å². The van der Waals surface area contributed by atoms with Crippen LogP contribution in [0, 0.1) is 0 Å². The third kappa shape index (κ3) is 2.56. The molecule has 1 aromatic carbocycles. The zero-order valence-corrected chi connectivity index (χ0v) is 15.2. The van der Waals surface area contributed by atoms with Gasteiger partial charge in [-0.15, -0.1) is 10.2 Å². The maximum atomic E-state index is 6.18. The molecule has 3 aromatic rings. The van der Waals surface area contributed by atoms with E-state index < -0.39 is 0 Å². The summed E-state index contributed by atoms with van der Waals surface area (Å²) in [6.07, 6.45) is 6.28. The molecule has 5 rings (SSSR count). The van der Waals surface area contributed by atoms with Crippen LogP contribution in [0.4, 0.5) is 5.82 Å². The van der Waals surface area contributed by atoms with E-state index in [1.165, 1.54) is 18.4 Å². The lowest BCUT2D eigenvalue weighted by atomic mass is 9.98. The van der Waals surface area contributed by atoms with Crippen LogP contribution in [0.2, 0.25) is 0 Å². The normalized spacial score (nSPS) is 22.7. The number of morpholine rings is 1. The van der Waals surface area contributed by atoms with Gasteiger partial charge >= 0.3 is 0 Å². The Morgan fingerprint density at radius 1 is 1.12 bits per heavy atom. The Hall–Kier alpha value is -2.47. The highest BCUT2D eigenvalue weighted by molar-refractivity contribution is 5.65. The van der Waals surface area contributed by atoms with Gasteiger partial charge in [-0.2, -0.15) is 0 Å². The highest BCUT2D eigenvalue weighted by atomic mass is 16.5. The Morgan fingerprint density at radius 3 is 2.69 bits per heavy atom. The number of fused-ring (bicyclic) bond motifs is 1. The van der Waals surface area contributed by atoms with Gasteiger partial charge in [0.2, 0.25) is 5.65 Å². The molecule has 1 saturated heterocycles. The van der Waals surface area contributed by atoms with E-state index in [1.54, 1.807) is 0 Å². The zero-order chi connectivity index (χ0) is 17.7. The second kappa shape index (κ2) is 5.77. The minimum Gasteiger partial charge on any atom is -0.369 e. The molecule has 1 unspecified atom stereocenters. The monoisotopic (exact) mass is 349 g/mol. The minimum atomic E-state index is -0.161. The van der Waals surface area contributed by atoms with Gasteiger partial charge < -0.3 is 9.64 Å². The average molecular weight is 349 g/mol. The molecule has 2 aromatic heterocycles. The summed E-state index contributed by atoms with van der Waals surface area (Å²) in [7, 11) is 0. The van der Waals surface area contributed by atoms with Crippen LogP contribution in [0.3, 0.4) is 0 Å². The standard InChI is InChI=1S/C20H23N5O/c1-20(2)13-26-16(14-6-4-3-5-7-14)12-25(20)18-19-23-22-17(15-8-9-15)24(19)11-10-21-18/h3-7,10-11,15-16H,8-9,12-13H2,1-2H3. The van der Waals surface area contributed by atoms with E-state index in [4.69, 9.17) is 9.72 Å². The van der Waals surface area contributed by atoms with Crippen LogP contribution >= 0.6 is 0 Å². The first-order valence-corrected chi connectivity index (χ1v) is 9.27. The minimum absolute atomic E-state index is 0.0251. The zero-order valence-electron chi connectivity index (χ0n) is 15.2. The Kier molecular flexibility index (Phi) is 3.50. The van der Waals surface area contributed by atoms with E-state index in [9.17, 15) is 0 Å². The summed E-state index contributed by atoms with van der Waals surface area (Å²) in [6.45, 7) is 5.77. The third-order valence-corrected chi connectivity index (χ3v) is 5.42. The number of hydrogen-bond acceptors (Lipinski definition) is 5. The summed E-state index contributed by atoms with van der Waals surface area (Å²) < 4.78 is 8.30. The molecule has 0 bridgehead atoms. The van der Waals surface area contributed by atoms with E-state index >= 15 is 0 Å². The molecule has 6 heteroatoms. The van der Waals surface area contributed by atoms with Crippen molar-refractivity contribution < 1.29 is 4.74 Å². The molecule has 0 N–H and O–H groups in total. The number of anilines is 1. The predicted molar refractivity (Wildman–Crippen MR) is 99.3 cm³/mol. The van der Waals surface area contributed by atoms with Gasteiger partial charge in [-0.05, 0) is 32.3 Å². The Morgan fingerprint density at radius 2 is 1.92 bits per heavy atom. The summed E-state index contributed by atoms with van der Waals surface area (Å²) in [4.78, 5) is 7.02. The lowest BCUT2D eigenvalue weighted by molar-refractivity contribution is -0.00510. The van der Waals surface area contributed by atoms with Crippen molar-refractivity contribution in [3.05, 3.63) is 54.1 Å². The highest BCUT2D eigenvalue weighted by Gasteiger charge is 2.38. The Bertz CT molecular complexity index is 932. The van der Waals surface area contributed by atoms with Crippen LogP contribution in [0.25, 0.3) is 5.65 Å². The van der Waals surface area contributed by atoms with Gasteiger partial charge in [-0.1, -0.05) is 30.3 Å². The second-order valence-electron chi connectivity index (χ2n) is 7.91. The van der Waals surface area contributed by atoms with Crippen molar-refractivity contribution in [2.45, 2.75) is 44.2 Å². The Balaban J connectivity index is 1.55. The van der Waals surface area contributed by atoms with E-state index in [0.29, 0.717) is 12.5 Å². The summed E-state index contributed by atoms with van der Waals surface area (Å²) in [5.41, 5.74) is 1.88. The van der Waals surface area contributed by atoms with Gasteiger partial charge in [-0.25, -0.2) is 4.98 Å². The van der Waals surface area contributed by atoms with Crippen LogP contribution in [0.1, 0.15) is 50.1 Å². The molecule has 26 heavy (non-hydrogen) atoms. The number of benzene rings is 1. The maximum absolute atomic E-state index is 6.18. The van der Waals surface area contributed by atoms with Crippen molar-refractivity contribution in [1.82, 2.24) is 19.6 Å². The lowest BCUT2D eigenvalue weighted by Gasteiger charge is -2.46. The first kappa shape index (κ1) is 15.8. The molecule has 1 saturated carbocycles. The summed E-state index contributed by atoms with van der Waals surface area (Å²) >= 11 is 0. The highest BCUT2D eigenvalue weighted by Crippen LogP contribution is 2.40. The summed E-state index contributed by atoms with van der Waals surface area (Å²) in [6, 6.07) is 10.4. The second-order valence-corrected chi connectivity index (χ2v) is 7.91. The molecule has 1 aliphatic carbocycles. The fourth-order valence-corrected chi connectivity index (χ4v) is 3.73. The number of aromatic nitrogens is 4. The van der Waals surface area contributed by atoms with Gasteiger partial charge in [0, 0.05) is 18.3 Å². The van der Waals surface area contributed by atoms with Gasteiger partial charge in [0.25, 0.3) is 0 Å². The fraction of sp³-hybridized carbons (Fsp3) is 0.450. The molecular formula is C20H23N5O. The first-order valence-electron chi connectivity index (χ1n) is 9.27. The van der Waals surface area contributed by atoms with Crippen LogP contribution < -0.4 is 4.90 Å². The van der Waals surface area contributed by atoms with Crippen molar-refractivity contribution >= 4 is 11.5 Å². The van der Waals surface area contributed by atoms with Crippen molar-refractivity contribution in [1.29, 1.82) is 0 Å². The number of hydrogen-bond donors (Lipinski definition) is 0. The van der Waals surface area contributed by atoms with E-state index in [-0.39, 0.29) is 11.6 Å². The quantitative estimate of drug-likeness (QED) is 0.726. The smallest absolute Gasteiger partial charge is 0.203 e. The molecule has 6 nitrogen and oxygen atoms in total. The average Bonchev–Trinajstić information content (AvgIpc) is 3.41. The van der Waals surface area contributed by atoms with Gasteiger partial charge in [-0.3, -0.25) is 4.40 Å². The molecule has 1 atom stereocenters. The van der Waals surface area contributed by atoms with Crippen LogP contribution in [0.15, 0.2) is 42.7 Å². The molecule has 0 spiro atoms. The Labute approximate surface area is 152 Å². The third-order valence-electron chi connectivity index (χ3n) is 5.42. The SMILES string of the molecule is CC1(C)COC(c2ccccc2)CN1c1nccn2c(C3CC3)nnc12. The largest absolute Gasteiger partial charge is 0.369 e.